The topological polar surface area (TPSA) is 52.8 Å². The standard InChI is InChI=1S/C9H9FN4O/c1-14-5-7(12-13-14)6-15-8-3-2-4-11-9(8)10/h2-5H,6H2,1H3. The van der Waals surface area contributed by atoms with E-state index in [0.29, 0.717) is 5.69 Å². The molecule has 0 aliphatic carbocycles. The molecule has 0 fully saturated rings. The lowest BCUT2D eigenvalue weighted by molar-refractivity contribution is 0.281. The minimum Gasteiger partial charge on any atom is -0.482 e. The van der Waals surface area contributed by atoms with Crippen LogP contribution < -0.4 is 4.74 Å². The maximum Gasteiger partial charge on any atom is 0.255 e. The van der Waals surface area contributed by atoms with Crippen molar-refractivity contribution < 1.29 is 9.13 Å². The van der Waals surface area contributed by atoms with E-state index < -0.39 is 5.95 Å². The molecule has 78 valence electrons. The quantitative estimate of drug-likeness (QED) is 0.704. The van der Waals surface area contributed by atoms with Crippen molar-refractivity contribution in [2.24, 2.45) is 7.05 Å². The van der Waals surface area contributed by atoms with E-state index in [2.05, 4.69) is 15.3 Å². The van der Waals surface area contributed by atoms with Gasteiger partial charge in [-0.2, -0.15) is 4.39 Å². The number of aromatic nitrogens is 4. The van der Waals surface area contributed by atoms with Crippen LogP contribution in [0.5, 0.6) is 5.75 Å². The van der Waals surface area contributed by atoms with E-state index in [0.717, 1.165) is 0 Å². The first-order chi connectivity index (χ1) is 7.25. The van der Waals surface area contributed by atoms with Gasteiger partial charge in [-0.25, -0.2) is 4.98 Å². The molecule has 0 bridgehead atoms. The summed E-state index contributed by atoms with van der Waals surface area (Å²) in [4.78, 5) is 3.46. The van der Waals surface area contributed by atoms with Gasteiger partial charge in [-0.3, -0.25) is 4.68 Å². The Hall–Kier alpha value is -1.98. The highest BCUT2D eigenvalue weighted by Gasteiger charge is 2.04. The summed E-state index contributed by atoms with van der Waals surface area (Å²) in [5.74, 6) is -0.510. The van der Waals surface area contributed by atoms with E-state index in [1.165, 1.54) is 12.3 Å². The van der Waals surface area contributed by atoms with Crippen LogP contribution in [-0.4, -0.2) is 20.0 Å². The third-order valence-corrected chi connectivity index (χ3v) is 1.75. The van der Waals surface area contributed by atoms with Gasteiger partial charge in [0.25, 0.3) is 5.95 Å². The molecular weight excluding hydrogens is 199 g/mol. The Morgan fingerprint density at radius 1 is 1.53 bits per heavy atom. The van der Waals surface area contributed by atoms with Crippen LogP contribution in [0.1, 0.15) is 5.69 Å². The van der Waals surface area contributed by atoms with Gasteiger partial charge in [-0.05, 0) is 12.1 Å². The minimum atomic E-state index is -0.624. The minimum absolute atomic E-state index is 0.114. The van der Waals surface area contributed by atoms with Crippen molar-refractivity contribution >= 4 is 0 Å². The Kier molecular flexibility index (Phi) is 2.57. The summed E-state index contributed by atoms with van der Waals surface area (Å²) >= 11 is 0. The van der Waals surface area contributed by atoms with E-state index in [4.69, 9.17) is 4.74 Å². The molecule has 2 heterocycles. The van der Waals surface area contributed by atoms with Crippen molar-refractivity contribution in [1.82, 2.24) is 20.0 Å². The van der Waals surface area contributed by atoms with Crippen LogP contribution in [0.15, 0.2) is 24.5 Å². The SMILES string of the molecule is Cn1cc(COc2cccnc2F)nn1. The van der Waals surface area contributed by atoms with Gasteiger partial charge in [0.15, 0.2) is 5.75 Å². The number of hydrogen-bond donors (Lipinski definition) is 0. The Labute approximate surface area is 85.5 Å². The lowest BCUT2D eigenvalue weighted by atomic mass is 10.4. The number of aryl methyl sites for hydroxylation is 1. The molecule has 6 heteroatoms. The van der Waals surface area contributed by atoms with E-state index in [-0.39, 0.29) is 12.4 Å². The lowest BCUT2D eigenvalue weighted by Gasteiger charge is -2.02. The zero-order valence-electron chi connectivity index (χ0n) is 8.09. The summed E-state index contributed by atoms with van der Waals surface area (Å²) in [5, 5.41) is 7.53. The first kappa shape index (κ1) is 9.57. The van der Waals surface area contributed by atoms with Gasteiger partial charge in [0.05, 0.1) is 6.20 Å². The molecule has 0 unspecified atom stereocenters. The van der Waals surface area contributed by atoms with Crippen LogP contribution in [0.3, 0.4) is 0 Å². The van der Waals surface area contributed by atoms with Gasteiger partial charge in [-0.1, -0.05) is 5.21 Å². The number of pyridine rings is 1. The van der Waals surface area contributed by atoms with Crippen LogP contribution in [0.2, 0.25) is 0 Å². The average Bonchev–Trinajstić information content (AvgIpc) is 2.63. The van der Waals surface area contributed by atoms with Crippen LogP contribution in [-0.2, 0) is 13.7 Å². The maximum absolute atomic E-state index is 13.0. The molecule has 2 aromatic rings. The third-order valence-electron chi connectivity index (χ3n) is 1.75. The second kappa shape index (κ2) is 4.04. The molecule has 0 radical (unpaired) electrons. The molecule has 0 saturated carbocycles. The highest BCUT2D eigenvalue weighted by molar-refractivity contribution is 5.18. The van der Waals surface area contributed by atoms with Crippen LogP contribution in [0.4, 0.5) is 4.39 Å². The normalized spacial score (nSPS) is 10.3. The second-order valence-corrected chi connectivity index (χ2v) is 2.96. The lowest BCUT2D eigenvalue weighted by Crippen LogP contribution is -1.98. The zero-order chi connectivity index (χ0) is 10.7. The van der Waals surface area contributed by atoms with E-state index in [1.807, 2.05) is 0 Å². The fraction of sp³-hybridized carbons (Fsp3) is 0.222. The van der Waals surface area contributed by atoms with E-state index in [1.54, 1.807) is 24.0 Å². The summed E-state index contributed by atoms with van der Waals surface area (Å²) in [6, 6.07) is 3.12. The number of ether oxygens (including phenoxy) is 1. The summed E-state index contributed by atoms with van der Waals surface area (Å²) in [7, 11) is 1.75. The molecule has 0 saturated heterocycles. The van der Waals surface area contributed by atoms with Crippen molar-refractivity contribution in [3.05, 3.63) is 36.2 Å². The molecule has 0 atom stereocenters. The number of nitrogens with zero attached hydrogens (tertiary/aromatic N) is 4. The van der Waals surface area contributed by atoms with Crippen LogP contribution >= 0.6 is 0 Å². The number of rotatable bonds is 3. The molecule has 0 amide bonds. The zero-order valence-corrected chi connectivity index (χ0v) is 8.09. The summed E-state index contributed by atoms with van der Waals surface area (Å²) in [5.41, 5.74) is 0.640. The second-order valence-electron chi connectivity index (χ2n) is 2.96. The van der Waals surface area contributed by atoms with Crippen LogP contribution in [0, 0.1) is 5.95 Å². The van der Waals surface area contributed by atoms with Gasteiger partial charge in [0, 0.05) is 13.2 Å². The van der Waals surface area contributed by atoms with Crippen molar-refractivity contribution in [2.45, 2.75) is 6.61 Å². The highest BCUT2D eigenvalue weighted by atomic mass is 19.1. The first-order valence-electron chi connectivity index (χ1n) is 4.34. The van der Waals surface area contributed by atoms with E-state index in [9.17, 15) is 4.39 Å². The molecule has 0 aliphatic heterocycles. The average molecular weight is 208 g/mol. The molecule has 0 spiro atoms. The van der Waals surface area contributed by atoms with Crippen molar-refractivity contribution in [3.8, 4) is 5.75 Å². The van der Waals surface area contributed by atoms with Crippen LogP contribution in [0.25, 0.3) is 0 Å². The molecule has 15 heavy (non-hydrogen) atoms. The number of hydrogen-bond acceptors (Lipinski definition) is 4. The predicted octanol–water partition coefficient (Wildman–Crippen LogP) is 0.928. The molecule has 2 rings (SSSR count). The smallest absolute Gasteiger partial charge is 0.255 e. The van der Waals surface area contributed by atoms with Gasteiger partial charge >= 0.3 is 0 Å². The first-order valence-corrected chi connectivity index (χ1v) is 4.34. The summed E-state index contributed by atoms with van der Waals surface area (Å²) in [6.07, 6.45) is 3.07. The third kappa shape index (κ3) is 2.28. The van der Waals surface area contributed by atoms with Crippen molar-refractivity contribution in [2.75, 3.05) is 0 Å². The molecule has 5 nitrogen and oxygen atoms in total. The largest absolute Gasteiger partial charge is 0.482 e. The van der Waals surface area contributed by atoms with Gasteiger partial charge in [0.2, 0.25) is 0 Å². The highest BCUT2D eigenvalue weighted by Crippen LogP contribution is 2.13. The van der Waals surface area contributed by atoms with Gasteiger partial charge in [-0.15, -0.1) is 5.10 Å². The van der Waals surface area contributed by atoms with Crippen molar-refractivity contribution in [1.29, 1.82) is 0 Å². The molecule has 0 N–H and O–H groups in total. The summed E-state index contributed by atoms with van der Waals surface area (Å²) in [6.45, 7) is 0.177. The van der Waals surface area contributed by atoms with Gasteiger partial charge < -0.3 is 4.74 Å². The Morgan fingerprint density at radius 2 is 2.40 bits per heavy atom. The Balaban J connectivity index is 2.02. The number of halogens is 1. The van der Waals surface area contributed by atoms with Gasteiger partial charge in [0.1, 0.15) is 12.3 Å². The van der Waals surface area contributed by atoms with Crippen molar-refractivity contribution in [3.63, 3.8) is 0 Å². The fourth-order valence-electron chi connectivity index (χ4n) is 1.09. The summed E-state index contributed by atoms with van der Waals surface area (Å²) < 4.78 is 19.8. The maximum atomic E-state index is 13.0. The molecule has 0 aromatic carbocycles. The van der Waals surface area contributed by atoms with E-state index >= 15 is 0 Å². The fourth-order valence-corrected chi connectivity index (χ4v) is 1.09. The predicted molar refractivity (Wildman–Crippen MR) is 49.5 cm³/mol. The monoisotopic (exact) mass is 208 g/mol. The Bertz CT molecular complexity index is 457. The molecular formula is C9H9FN4O. The molecule has 0 aliphatic rings. The molecule has 2 aromatic heterocycles. The Morgan fingerprint density at radius 3 is 3.07 bits per heavy atom.